The van der Waals surface area contributed by atoms with Crippen molar-refractivity contribution in [2.75, 3.05) is 4.90 Å². The molecule has 0 saturated carbocycles. The lowest BCUT2D eigenvalue weighted by Crippen LogP contribution is -2.28. The summed E-state index contributed by atoms with van der Waals surface area (Å²) in [5.41, 5.74) is 3.05. The number of hydrogen-bond donors (Lipinski definition) is 0. The third kappa shape index (κ3) is 3.33. The van der Waals surface area contributed by atoms with Gasteiger partial charge in [-0.1, -0.05) is 48.2 Å². The number of benzene rings is 2. The topological polar surface area (TPSA) is 63.5 Å². The molecule has 1 heterocycles. The number of nitro groups is 1. The minimum atomic E-state index is -0.461. The number of rotatable bonds is 3. The van der Waals surface area contributed by atoms with Crippen LogP contribution >= 0.6 is 24.0 Å². The molecule has 2 aromatic carbocycles. The van der Waals surface area contributed by atoms with Crippen LogP contribution in [-0.4, -0.2) is 15.2 Å². The number of thiocarbonyl (C=S) groups is 1. The van der Waals surface area contributed by atoms with Crippen molar-refractivity contribution in [3.63, 3.8) is 0 Å². The van der Waals surface area contributed by atoms with Crippen LogP contribution in [0.1, 0.15) is 16.7 Å². The van der Waals surface area contributed by atoms with Gasteiger partial charge in [0.25, 0.3) is 11.6 Å². The molecule has 1 aliphatic heterocycles. The number of para-hydroxylation sites is 1. The molecule has 0 radical (unpaired) electrons. The van der Waals surface area contributed by atoms with E-state index in [4.69, 9.17) is 12.2 Å². The molecule has 126 valence electrons. The Morgan fingerprint density at radius 1 is 1.20 bits per heavy atom. The Bertz CT molecular complexity index is 938. The fraction of sp³-hybridized carbons (Fsp3) is 0.111. The van der Waals surface area contributed by atoms with Gasteiger partial charge in [-0.15, -0.1) is 0 Å². The fourth-order valence-corrected chi connectivity index (χ4v) is 3.83. The molecule has 1 fully saturated rings. The average molecular weight is 370 g/mol. The standard InChI is InChI=1S/C18H14N2O3S2/c1-11-7-8-12(2)15(9-11)19-17(21)16(25-18(19)24)10-13-5-3-4-6-14(13)20(22)23/h3-10H,1-2H3. The molecular formula is C18H14N2O3S2. The van der Waals surface area contributed by atoms with E-state index in [9.17, 15) is 14.9 Å². The molecular weight excluding hydrogens is 356 g/mol. The molecule has 0 aromatic heterocycles. The minimum Gasteiger partial charge on any atom is -0.268 e. The molecule has 7 heteroatoms. The average Bonchev–Trinajstić information content (AvgIpc) is 2.84. The van der Waals surface area contributed by atoms with Gasteiger partial charge in [0.05, 0.1) is 21.1 Å². The van der Waals surface area contributed by atoms with Gasteiger partial charge in [0.15, 0.2) is 4.32 Å². The molecule has 5 nitrogen and oxygen atoms in total. The molecule has 0 aliphatic carbocycles. The lowest BCUT2D eigenvalue weighted by atomic mass is 10.1. The Balaban J connectivity index is 2.02. The smallest absolute Gasteiger partial charge is 0.268 e. The molecule has 0 unspecified atom stereocenters. The van der Waals surface area contributed by atoms with Gasteiger partial charge in [-0.05, 0) is 43.2 Å². The summed E-state index contributed by atoms with van der Waals surface area (Å²) in [6.45, 7) is 3.86. The van der Waals surface area contributed by atoms with E-state index in [0.717, 1.165) is 28.6 Å². The second-order valence-corrected chi connectivity index (χ2v) is 7.30. The second-order valence-electron chi connectivity index (χ2n) is 5.62. The van der Waals surface area contributed by atoms with Gasteiger partial charge in [-0.25, -0.2) is 0 Å². The first-order valence-electron chi connectivity index (χ1n) is 7.47. The Morgan fingerprint density at radius 2 is 1.92 bits per heavy atom. The SMILES string of the molecule is Cc1ccc(C)c(N2C(=O)C(=Cc3ccccc3[N+](=O)[O-])SC2=S)c1. The summed E-state index contributed by atoms with van der Waals surface area (Å²) >= 11 is 6.53. The molecule has 1 saturated heterocycles. The zero-order valence-corrected chi connectivity index (χ0v) is 15.2. The first kappa shape index (κ1) is 17.3. The summed E-state index contributed by atoms with van der Waals surface area (Å²) in [5.74, 6) is -0.262. The molecule has 1 amide bonds. The molecule has 0 N–H and O–H groups in total. The highest BCUT2D eigenvalue weighted by molar-refractivity contribution is 8.27. The summed E-state index contributed by atoms with van der Waals surface area (Å²) < 4.78 is 0.420. The highest BCUT2D eigenvalue weighted by Crippen LogP contribution is 2.38. The predicted molar refractivity (Wildman–Crippen MR) is 105 cm³/mol. The normalized spacial score (nSPS) is 15.9. The summed E-state index contributed by atoms with van der Waals surface area (Å²) in [6.07, 6.45) is 1.53. The summed E-state index contributed by atoms with van der Waals surface area (Å²) in [6, 6.07) is 12.1. The number of carbonyl (C=O) groups excluding carboxylic acids is 1. The van der Waals surface area contributed by atoms with Gasteiger partial charge in [-0.3, -0.25) is 19.8 Å². The van der Waals surface area contributed by atoms with Crippen LogP contribution in [0.4, 0.5) is 11.4 Å². The van der Waals surface area contributed by atoms with E-state index in [1.54, 1.807) is 18.2 Å². The largest absolute Gasteiger partial charge is 0.276 e. The van der Waals surface area contributed by atoms with Crippen LogP contribution in [0.15, 0.2) is 47.4 Å². The molecule has 3 rings (SSSR count). The molecule has 1 aliphatic rings. The lowest BCUT2D eigenvalue weighted by Gasteiger charge is -2.17. The van der Waals surface area contributed by atoms with E-state index in [-0.39, 0.29) is 11.6 Å². The van der Waals surface area contributed by atoms with E-state index >= 15 is 0 Å². The highest BCUT2D eigenvalue weighted by atomic mass is 32.2. The number of nitrogens with zero attached hydrogens (tertiary/aromatic N) is 2. The third-order valence-corrected chi connectivity index (χ3v) is 5.12. The van der Waals surface area contributed by atoms with Crippen LogP contribution in [0, 0.1) is 24.0 Å². The predicted octanol–water partition coefficient (Wildman–Crippen LogP) is 4.62. The lowest BCUT2D eigenvalue weighted by molar-refractivity contribution is -0.385. The fourth-order valence-electron chi connectivity index (χ4n) is 2.55. The van der Waals surface area contributed by atoms with Crippen molar-refractivity contribution in [2.45, 2.75) is 13.8 Å². The molecule has 0 bridgehead atoms. The van der Waals surface area contributed by atoms with E-state index in [1.807, 2.05) is 32.0 Å². The molecule has 25 heavy (non-hydrogen) atoms. The summed E-state index contributed by atoms with van der Waals surface area (Å²) in [5, 5.41) is 11.2. The van der Waals surface area contributed by atoms with Gasteiger partial charge in [-0.2, -0.15) is 0 Å². The van der Waals surface area contributed by atoms with Gasteiger partial charge >= 0.3 is 0 Å². The van der Waals surface area contributed by atoms with Crippen LogP contribution in [-0.2, 0) is 4.79 Å². The Morgan fingerprint density at radius 3 is 2.64 bits per heavy atom. The van der Waals surface area contributed by atoms with E-state index in [0.29, 0.717) is 14.8 Å². The van der Waals surface area contributed by atoms with Gasteiger partial charge in [0, 0.05) is 6.07 Å². The Kier molecular flexibility index (Phi) is 4.69. The maximum absolute atomic E-state index is 12.8. The third-order valence-electron chi connectivity index (χ3n) is 3.82. The van der Waals surface area contributed by atoms with E-state index in [1.165, 1.54) is 17.0 Å². The van der Waals surface area contributed by atoms with Crippen molar-refractivity contribution in [3.8, 4) is 0 Å². The number of aryl methyl sites for hydroxylation is 2. The van der Waals surface area contributed by atoms with Crippen molar-refractivity contribution in [2.24, 2.45) is 0 Å². The number of thioether (sulfide) groups is 1. The summed E-state index contributed by atoms with van der Waals surface area (Å²) in [7, 11) is 0. The zero-order valence-electron chi connectivity index (χ0n) is 13.6. The van der Waals surface area contributed by atoms with Crippen LogP contribution in [0.3, 0.4) is 0 Å². The molecule has 0 atom stereocenters. The van der Waals surface area contributed by atoms with E-state index < -0.39 is 4.92 Å². The second kappa shape index (κ2) is 6.78. The van der Waals surface area contributed by atoms with Crippen molar-refractivity contribution >= 4 is 51.7 Å². The first-order chi connectivity index (χ1) is 11.9. The number of amides is 1. The van der Waals surface area contributed by atoms with Crippen LogP contribution in [0.5, 0.6) is 0 Å². The summed E-state index contributed by atoms with van der Waals surface area (Å²) in [4.78, 5) is 25.4. The number of hydrogen-bond acceptors (Lipinski definition) is 5. The first-order valence-corrected chi connectivity index (χ1v) is 8.69. The van der Waals surface area contributed by atoms with Crippen molar-refractivity contribution in [3.05, 3.63) is 74.2 Å². The van der Waals surface area contributed by atoms with Crippen LogP contribution in [0.2, 0.25) is 0 Å². The minimum absolute atomic E-state index is 0.0421. The van der Waals surface area contributed by atoms with Gasteiger partial charge < -0.3 is 0 Å². The maximum Gasteiger partial charge on any atom is 0.276 e. The van der Waals surface area contributed by atoms with Crippen molar-refractivity contribution in [1.82, 2.24) is 0 Å². The van der Waals surface area contributed by atoms with Gasteiger partial charge in [0.1, 0.15) is 0 Å². The van der Waals surface area contributed by atoms with Crippen molar-refractivity contribution in [1.29, 1.82) is 0 Å². The van der Waals surface area contributed by atoms with Crippen molar-refractivity contribution < 1.29 is 9.72 Å². The van der Waals surface area contributed by atoms with E-state index in [2.05, 4.69) is 0 Å². The Hall–Kier alpha value is -2.51. The van der Waals surface area contributed by atoms with Gasteiger partial charge in [0.2, 0.25) is 0 Å². The molecule has 2 aromatic rings. The Labute approximate surface area is 154 Å². The number of anilines is 1. The molecule has 0 spiro atoms. The quantitative estimate of drug-likeness (QED) is 0.341. The van der Waals surface area contributed by atoms with Crippen LogP contribution < -0.4 is 4.90 Å². The maximum atomic E-state index is 12.8. The van der Waals surface area contributed by atoms with Crippen LogP contribution in [0.25, 0.3) is 6.08 Å². The number of nitro benzene ring substituents is 1. The highest BCUT2D eigenvalue weighted by Gasteiger charge is 2.34. The number of carbonyl (C=O) groups is 1. The monoisotopic (exact) mass is 370 g/mol. The zero-order chi connectivity index (χ0) is 18.1.